The van der Waals surface area contributed by atoms with Crippen molar-refractivity contribution in [3.05, 3.63) is 68.2 Å². The zero-order valence-corrected chi connectivity index (χ0v) is 17.0. The van der Waals surface area contributed by atoms with Crippen molar-refractivity contribution in [2.24, 2.45) is 0 Å². The van der Waals surface area contributed by atoms with E-state index in [0.29, 0.717) is 9.37 Å². The number of carboxylic acid groups (broad SMARTS) is 1. The van der Waals surface area contributed by atoms with Gasteiger partial charge in [-0.2, -0.15) is 0 Å². The summed E-state index contributed by atoms with van der Waals surface area (Å²) in [5.74, 6) is -3.46. The van der Waals surface area contributed by atoms with Gasteiger partial charge in [0.25, 0.3) is 17.5 Å². The second-order valence-corrected chi connectivity index (χ2v) is 6.99. The summed E-state index contributed by atoms with van der Waals surface area (Å²) in [7, 11) is 0. The van der Waals surface area contributed by atoms with Crippen LogP contribution in [0.1, 0.15) is 5.56 Å². The van der Waals surface area contributed by atoms with E-state index >= 15 is 0 Å². The number of nitro benzene ring substituents is 1. The van der Waals surface area contributed by atoms with Crippen LogP contribution >= 0.6 is 15.9 Å². The Labute approximate surface area is 182 Å². The number of nitrogens with one attached hydrogen (secondary N) is 1. The van der Waals surface area contributed by atoms with E-state index in [4.69, 9.17) is 4.74 Å². The molecule has 2 aromatic carbocycles. The van der Waals surface area contributed by atoms with Crippen LogP contribution < -0.4 is 20.1 Å². The molecule has 11 nitrogen and oxygen atoms in total. The van der Waals surface area contributed by atoms with Crippen LogP contribution in [0.25, 0.3) is 6.08 Å². The topological polar surface area (TPSA) is 159 Å². The summed E-state index contributed by atoms with van der Waals surface area (Å²) in [6, 6.07) is 8.13. The first-order valence-electron chi connectivity index (χ1n) is 8.45. The molecule has 2 aromatic rings. The number of halogens is 1. The number of barbiturate groups is 1. The van der Waals surface area contributed by atoms with E-state index < -0.39 is 40.9 Å². The minimum atomic E-state index is -1.48. The van der Waals surface area contributed by atoms with Gasteiger partial charge in [0.15, 0.2) is 0 Å². The monoisotopic (exact) mass is 488 g/mol. The number of hydrogen-bond donors (Lipinski definition) is 1. The summed E-state index contributed by atoms with van der Waals surface area (Å²) >= 11 is 3.22. The van der Waals surface area contributed by atoms with E-state index in [1.54, 1.807) is 6.07 Å². The van der Waals surface area contributed by atoms with E-state index in [2.05, 4.69) is 15.9 Å². The molecule has 1 fully saturated rings. The molecule has 1 heterocycles. The van der Waals surface area contributed by atoms with Crippen LogP contribution in [0, 0.1) is 10.1 Å². The van der Waals surface area contributed by atoms with Crippen LogP contribution in [-0.2, 0) is 14.4 Å². The number of carboxylic acids is 1. The average Bonchev–Trinajstić information content (AvgIpc) is 2.70. The van der Waals surface area contributed by atoms with Gasteiger partial charge in [0.2, 0.25) is 0 Å². The van der Waals surface area contributed by atoms with Crippen LogP contribution in [0.15, 0.2) is 52.5 Å². The van der Waals surface area contributed by atoms with Gasteiger partial charge in [-0.3, -0.25) is 25.0 Å². The number of non-ortho nitro benzene ring substituents is 1. The molecule has 1 aliphatic rings. The zero-order valence-electron chi connectivity index (χ0n) is 15.4. The highest BCUT2D eigenvalue weighted by Crippen LogP contribution is 2.29. The van der Waals surface area contributed by atoms with E-state index in [9.17, 15) is 34.4 Å². The Hall–Kier alpha value is -4.06. The van der Waals surface area contributed by atoms with Crippen molar-refractivity contribution in [3.63, 3.8) is 0 Å². The quantitative estimate of drug-likeness (QED) is 0.274. The highest BCUT2D eigenvalue weighted by molar-refractivity contribution is 9.10. The number of ether oxygens (including phenoxy) is 1. The fraction of sp³-hybridized carbons (Fsp3) is 0.0526. The normalized spacial score (nSPS) is 15.1. The molecule has 0 spiro atoms. The number of amides is 4. The molecule has 158 valence electrons. The fourth-order valence-corrected chi connectivity index (χ4v) is 3.07. The lowest BCUT2D eigenvalue weighted by Crippen LogP contribution is -2.54. The highest BCUT2D eigenvalue weighted by Gasteiger charge is 2.37. The third-order valence-corrected chi connectivity index (χ3v) is 4.51. The zero-order chi connectivity index (χ0) is 22.7. The number of imide groups is 2. The highest BCUT2D eigenvalue weighted by atomic mass is 79.9. The lowest BCUT2D eigenvalue weighted by atomic mass is 10.1. The summed E-state index contributed by atoms with van der Waals surface area (Å²) < 4.78 is 5.65. The molecule has 1 saturated heterocycles. The predicted octanol–water partition coefficient (Wildman–Crippen LogP) is 1.15. The maximum absolute atomic E-state index is 12.9. The lowest BCUT2D eigenvalue weighted by molar-refractivity contribution is -0.384. The largest absolute Gasteiger partial charge is 0.546 e. The molecule has 0 atom stereocenters. The first kappa shape index (κ1) is 21.6. The maximum Gasteiger partial charge on any atom is 0.335 e. The van der Waals surface area contributed by atoms with Gasteiger partial charge >= 0.3 is 6.03 Å². The van der Waals surface area contributed by atoms with Crippen molar-refractivity contribution in [3.8, 4) is 5.75 Å². The van der Waals surface area contributed by atoms with Crippen molar-refractivity contribution in [2.45, 2.75) is 0 Å². The molecule has 0 aromatic heterocycles. The number of hydrogen-bond acceptors (Lipinski definition) is 8. The number of rotatable bonds is 6. The summed E-state index contributed by atoms with van der Waals surface area (Å²) in [6.45, 7) is -0.768. The molecule has 3 rings (SSSR count). The molecular formula is C19H11BrN3O8-. The number of benzene rings is 2. The number of urea groups is 1. The van der Waals surface area contributed by atoms with Crippen LogP contribution in [0.4, 0.5) is 16.2 Å². The van der Waals surface area contributed by atoms with Gasteiger partial charge in [0.1, 0.15) is 17.9 Å². The lowest BCUT2D eigenvalue weighted by Gasteiger charge is -2.26. The second-order valence-electron chi connectivity index (χ2n) is 6.08. The minimum Gasteiger partial charge on any atom is -0.546 e. The molecule has 0 unspecified atom stereocenters. The van der Waals surface area contributed by atoms with E-state index in [0.717, 1.165) is 12.1 Å². The molecule has 1 aliphatic heterocycles. The Morgan fingerprint density at radius 3 is 2.61 bits per heavy atom. The van der Waals surface area contributed by atoms with Gasteiger partial charge < -0.3 is 14.6 Å². The second kappa shape index (κ2) is 8.75. The van der Waals surface area contributed by atoms with Gasteiger partial charge in [0, 0.05) is 22.2 Å². The first-order chi connectivity index (χ1) is 14.7. The molecule has 0 aliphatic carbocycles. The molecule has 0 saturated carbocycles. The number of aliphatic carboxylic acids is 1. The van der Waals surface area contributed by atoms with Crippen LogP contribution in [0.5, 0.6) is 5.75 Å². The van der Waals surface area contributed by atoms with Crippen molar-refractivity contribution in [2.75, 3.05) is 11.5 Å². The van der Waals surface area contributed by atoms with E-state index in [-0.39, 0.29) is 22.7 Å². The van der Waals surface area contributed by atoms with Gasteiger partial charge in [-0.15, -0.1) is 0 Å². The van der Waals surface area contributed by atoms with Crippen LogP contribution in [0.2, 0.25) is 0 Å². The Kier molecular flexibility index (Phi) is 6.11. The van der Waals surface area contributed by atoms with Crippen LogP contribution in [-0.4, -0.2) is 35.3 Å². The number of anilines is 1. The standard InChI is InChI=1S/C19H12BrN3O8/c20-11-4-5-15(31-9-16(24)25)10(6-11)7-14-17(26)21-19(28)22(18(14)27)12-2-1-3-13(8-12)23(29)30/h1-8H,9H2,(H,24,25)(H,21,26,28)/p-1/b14-7+. The van der Waals surface area contributed by atoms with Gasteiger partial charge in [-0.05, 0) is 30.3 Å². The van der Waals surface area contributed by atoms with Crippen molar-refractivity contribution in [1.29, 1.82) is 0 Å². The predicted molar refractivity (Wildman–Crippen MR) is 107 cm³/mol. The molecule has 31 heavy (non-hydrogen) atoms. The van der Waals surface area contributed by atoms with Gasteiger partial charge in [-0.1, -0.05) is 22.0 Å². The fourth-order valence-electron chi connectivity index (χ4n) is 2.69. The summed E-state index contributed by atoms with van der Waals surface area (Å²) in [6.07, 6.45) is 1.11. The number of carbonyl (C=O) groups is 4. The molecule has 0 bridgehead atoms. The third kappa shape index (κ3) is 4.75. The first-order valence-corrected chi connectivity index (χ1v) is 9.25. The van der Waals surface area contributed by atoms with Crippen molar-refractivity contribution in [1.82, 2.24) is 5.32 Å². The maximum atomic E-state index is 12.9. The average molecular weight is 489 g/mol. The SMILES string of the molecule is O=C([O-])COc1ccc(Br)cc1/C=C1\C(=O)NC(=O)N(c2cccc([N+](=O)[O-])c2)C1=O. The van der Waals surface area contributed by atoms with Gasteiger partial charge in [-0.25, -0.2) is 9.69 Å². The Balaban J connectivity index is 2.04. The molecule has 4 amide bonds. The van der Waals surface area contributed by atoms with E-state index in [1.165, 1.54) is 30.3 Å². The van der Waals surface area contributed by atoms with Crippen molar-refractivity contribution < 1.29 is 33.9 Å². The van der Waals surface area contributed by atoms with Crippen LogP contribution in [0.3, 0.4) is 0 Å². The number of nitrogens with zero attached hydrogens (tertiary/aromatic N) is 2. The Bertz CT molecular complexity index is 1160. The smallest absolute Gasteiger partial charge is 0.335 e. The third-order valence-electron chi connectivity index (χ3n) is 4.02. The molecule has 0 radical (unpaired) electrons. The Morgan fingerprint density at radius 1 is 1.19 bits per heavy atom. The summed E-state index contributed by atoms with van der Waals surface area (Å²) in [5.41, 5.74) is -0.770. The Morgan fingerprint density at radius 2 is 1.94 bits per heavy atom. The minimum absolute atomic E-state index is 0.0410. The van der Waals surface area contributed by atoms with Gasteiger partial charge in [0.05, 0.1) is 16.6 Å². The molecule has 12 heteroatoms. The van der Waals surface area contributed by atoms with E-state index in [1.807, 2.05) is 5.32 Å². The summed E-state index contributed by atoms with van der Waals surface area (Å²) in [4.78, 5) is 59.1. The van der Waals surface area contributed by atoms with Crippen molar-refractivity contribution >= 4 is 57.2 Å². The number of nitro groups is 1. The molecular weight excluding hydrogens is 478 g/mol. The number of carbonyl (C=O) groups excluding carboxylic acids is 4. The summed E-state index contributed by atoms with van der Waals surface area (Å²) in [5, 5.41) is 23.7. The molecule has 1 N–H and O–H groups in total.